The van der Waals surface area contributed by atoms with Gasteiger partial charge in [0, 0.05) is 19.4 Å². The summed E-state index contributed by atoms with van der Waals surface area (Å²) in [6.07, 6.45) is -2.55. The Labute approximate surface area is 155 Å². The van der Waals surface area contributed by atoms with Crippen molar-refractivity contribution in [2.75, 3.05) is 13.7 Å². The van der Waals surface area contributed by atoms with Crippen molar-refractivity contribution in [3.8, 4) is 0 Å². The molecular formula is C18H22N2O7. The Bertz CT molecular complexity index is 864. The van der Waals surface area contributed by atoms with E-state index in [2.05, 4.69) is 0 Å². The Morgan fingerprint density at radius 2 is 1.93 bits per heavy atom. The van der Waals surface area contributed by atoms with E-state index in [-0.39, 0.29) is 13.3 Å². The van der Waals surface area contributed by atoms with Crippen LogP contribution in [0.25, 0.3) is 0 Å². The minimum atomic E-state index is -1.10. The molecule has 9 nitrogen and oxygen atoms in total. The van der Waals surface area contributed by atoms with E-state index in [0.717, 1.165) is 14.7 Å². The van der Waals surface area contributed by atoms with E-state index >= 15 is 0 Å². The van der Waals surface area contributed by atoms with Gasteiger partial charge in [-0.05, 0) is 5.56 Å². The average molecular weight is 378 g/mol. The topological polar surface area (TPSA) is 112 Å². The second-order valence-corrected chi connectivity index (χ2v) is 6.17. The summed E-state index contributed by atoms with van der Waals surface area (Å²) in [6.45, 7) is -0.413. The van der Waals surface area contributed by atoms with Gasteiger partial charge in [-0.3, -0.25) is 9.36 Å². The maximum Gasteiger partial charge on any atom is 0.335 e. The molecule has 0 radical (unpaired) electrons. The zero-order valence-corrected chi connectivity index (χ0v) is 14.8. The summed E-state index contributed by atoms with van der Waals surface area (Å²) >= 11 is 0. The Morgan fingerprint density at radius 3 is 2.59 bits per heavy atom. The van der Waals surface area contributed by atoms with Crippen molar-refractivity contribution in [2.45, 2.75) is 37.9 Å². The van der Waals surface area contributed by atoms with Crippen LogP contribution in [-0.2, 0) is 27.5 Å². The molecule has 0 saturated carbocycles. The molecule has 4 atom stereocenters. The molecule has 1 saturated heterocycles. The second kappa shape index (κ2) is 8.59. The summed E-state index contributed by atoms with van der Waals surface area (Å²) in [5.74, 6) is 0. The molecule has 0 bridgehead atoms. The lowest BCUT2D eigenvalue weighted by atomic mass is 10.1. The molecule has 0 amide bonds. The minimum Gasteiger partial charge on any atom is -0.394 e. The van der Waals surface area contributed by atoms with Crippen molar-refractivity contribution in [1.29, 1.82) is 0 Å². The third-order valence-electron chi connectivity index (χ3n) is 4.47. The van der Waals surface area contributed by atoms with Gasteiger partial charge in [-0.2, -0.15) is 0 Å². The molecule has 0 aliphatic carbocycles. The first-order chi connectivity index (χ1) is 13.1. The number of methoxy groups -OCH3 is 1. The first-order valence-corrected chi connectivity index (χ1v) is 8.47. The fourth-order valence-electron chi connectivity index (χ4n) is 3.02. The second-order valence-electron chi connectivity index (χ2n) is 6.17. The Kier molecular flexibility index (Phi) is 6.19. The normalized spacial score (nSPS) is 25.0. The van der Waals surface area contributed by atoms with Gasteiger partial charge in [0.15, 0.2) is 6.23 Å². The number of hydrogen-bond acceptors (Lipinski definition) is 7. The van der Waals surface area contributed by atoms with Crippen LogP contribution in [0.2, 0.25) is 0 Å². The number of benzene rings is 1. The number of aliphatic hydroxyl groups is 2. The SMILES string of the molecule is CO[C@H]1C(O)[C@@H](CO)O[C@H]1n1ccc(=O)n(COCc2ccccc2)c1=O. The number of aliphatic hydroxyl groups excluding tert-OH is 2. The van der Waals surface area contributed by atoms with Gasteiger partial charge in [-0.1, -0.05) is 30.3 Å². The first kappa shape index (κ1) is 19.5. The molecule has 2 heterocycles. The van der Waals surface area contributed by atoms with Crippen molar-refractivity contribution in [3.63, 3.8) is 0 Å². The highest BCUT2D eigenvalue weighted by molar-refractivity contribution is 5.13. The van der Waals surface area contributed by atoms with Crippen LogP contribution in [0, 0.1) is 0 Å². The fourth-order valence-corrected chi connectivity index (χ4v) is 3.02. The van der Waals surface area contributed by atoms with Crippen molar-refractivity contribution in [3.05, 3.63) is 69.0 Å². The van der Waals surface area contributed by atoms with E-state index in [1.807, 2.05) is 30.3 Å². The van der Waals surface area contributed by atoms with Gasteiger partial charge < -0.3 is 24.4 Å². The van der Waals surface area contributed by atoms with Crippen LogP contribution in [0.5, 0.6) is 0 Å². The standard InChI is InChI=1S/C18H22N2O7/c1-25-16-15(23)13(9-21)27-17(16)19-8-7-14(22)20(18(19)24)11-26-10-12-5-3-2-4-6-12/h2-8,13,15-17,21,23H,9-11H2,1H3/t13-,15?,16+,17-/m1/s1. The lowest BCUT2D eigenvalue weighted by molar-refractivity contribution is -0.0641. The van der Waals surface area contributed by atoms with Gasteiger partial charge >= 0.3 is 5.69 Å². The largest absolute Gasteiger partial charge is 0.394 e. The highest BCUT2D eigenvalue weighted by atomic mass is 16.6. The summed E-state index contributed by atoms with van der Waals surface area (Å²) < 4.78 is 18.3. The first-order valence-electron chi connectivity index (χ1n) is 8.47. The van der Waals surface area contributed by atoms with E-state index in [4.69, 9.17) is 14.2 Å². The molecule has 0 spiro atoms. The van der Waals surface area contributed by atoms with Crippen LogP contribution in [0.1, 0.15) is 11.8 Å². The van der Waals surface area contributed by atoms with E-state index in [1.54, 1.807) is 0 Å². The van der Waals surface area contributed by atoms with Crippen molar-refractivity contribution >= 4 is 0 Å². The van der Waals surface area contributed by atoms with Gasteiger partial charge in [0.1, 0.15) is 25.0 Å². The smallest absolute Gasteiger partial charge is 0.335 e. The predicted molar refractivity (Wildman–Crippen MR) is 94.0 cm³/mol. The summed E-state index contributed by atoms with van der Waals surface area (Å²) in [7, 11) is 1.37. The molecule has 27 heavy (non-hydrogen) atoms. The van der Waals surface area contributed by atoms with Crippen molar-refractivity contribution in [1.82, 2.24) is 9.13 Å². The van der Waals surface area contributed by atoms with Crippen LogP contribution in [-0.4, -0.2) is 51.4 Å². The molecule has 9 heteroatoms. The summed E-state index contributed by atoms with van der Waals surface area (Å²) in [5, 5.41) is 19.4. The zero-order valence-electron chi connectivity index (χ0n) is 14.8. The number of nitrogens with zero attached hydrogens (tertiary/aromatic N) is 2. The van der Waals surface area contributed by atoms with Gasteiger partial charge in [-0.15, -0.1) is 0 Å². The maximum absolute atomic E-state index is 12.7. The monoisotopic (exact) mass is 378 g/mol. The number of aromatic nitrogens is 2. The molecule has 2 aromatic rings. The summed E-state index contributed by atoms with van der Waals surface area (Å²) in [4.78, 5) is 24.8. The quantitative estimate of drug-likeness (QED) is 0.665. The van der Waals surface area contributed by atoms with Crippen molar-refractivity contribution < 1.29 is 24.4 Å². The average Bonchev–Trinajstić information content (AvgIpc) is 3.00. The molecule has 1 fully saturated rings. The lowest BCUT2D eigenvalue weighted by Crippen LogP contribution is -2.43. The number of hydrogen-bond donors (Lipinski definition) is 2. The van der Waals surface area contributed by atoms with Crippen LogP contribution >= 0.6 is 0 Å². The van der Waals surface area contributed by atoms with Gasteiger partial charge in [0.05, 0.1) is 13.2 Å². The summed E-state index contributed by atoms with van der Waals surface area (Å²) in [6, 6.07) is 10.6. The van der Waals surface area contributed by atoms with Gasteiger partial charge in [-0.25, -0.2) is 9.36 Å². The predicted octanol–water partition coefficient (Wildman–Crippen LogP) is -0.550. The third kappa shape index (κ3) is 4.02. The molecule has 146 valence electrons. The molecular weight excluding hydrogens is 356 g/mol. The van der Waals surface area contributed by atoms with Crippen LogP contribution in [0.3, 0.4) is 0 Å². The Morgan fingerprint density at radius 1 is 1.19 bits per heavy atom. The number of rotatable bonds is 7. The van der Waals surface area contributed by atoms with Crippen LogP contribution in [0.4, 0.5) is 0 Å². The van der Waals surface area contributed by atoms with Crippen LogP contribution < -0.4 is 11.2 Å². The molecule has 1 unspecified atom stereocenters. The van der Waals surface area contributed by atoms with Gasteiger partial charge in [0.2, 0.25) is 0 Å². The maximum atomic E-state index is 12.7. The Hall–Kier alpha value is -2.30. The third-order valence-corrected chi connectivity index (χ3v) is 4.47. The molecule has 3 rings (SSSR count). The molecule has 1 aromatic heterocycles. The van der Waals surface area contributed by atoms with Crippen LogP contribution in [0.15, 0.2) is 52.2 Å². The Balaban J connectivity index is 1.81. The van der Waals surface area contributed by atoms with Gasteiger partial charge in [0.25, 0.3) is 5.56 Å². The van der Waals surface area contributed by atoms with E-state index < -0.39 is 42.4 Å². The zero-order chi connectivity index (χ0) is 19.4. The highest BCUT2D eigenvalue weighted by Gasteiger charge is 2.45. The van der Waals surface area contributed by atoms with E-state index in [0.29, 0.717) is 0 Å². The molecule has 2 N–H and O–H groups in total. The van der Waals surface area contributed by atoms with E-state index in [1.165, 1.54) is 19.4 Å². The number of ether oxygens (including phenoxy) is 3. The lowest BCUT2D eigenvalue weighted by Gasteiger charge is -2.21. The highest BCUT2D eigenvalue weighted by Crippen LogP contribution is 2.30. The molecule has 1 aromatic carbocycles. The molecule has 1 aliphatic rings. The fraction of sp³-hybridized carbons (Fsp3) is 0.444. The summed E-state index contributed by atoms with van der Waals surface area (Å²) in [5.41, 5.74) is -0.266. The van der Waals surface area contributed by atoms with Crippen molar-refractivity contribution in [2.24, 2.45) is 0 Å². The minimum absolute atomic E-state index is 0.232. The molecule has 1 aliphatic heterocycles. The van der Waals surface area contributed by atoms with E-state index in [9.17, 15) is 19.8 Å².